The summed E-state index contributed by atoms with van der Waals surface area (Å²) in [7, 11) is 0. The van der Waals surface area contributed by atoms with E-state index < -0.39 is 0 Å². The van der Waals surface area contributed by atoms with Crippen molar-refractivity contribution in [2.24, 2.45) is 0 Å². The monoisotopic (exact) mass is 199 g/mol. The van der Waals surface area contributed by atoms with E-state index in [0.717, 1.165) is 22.1 Å². The first kappa shape index (κ1) is 8.38. The zero-order chi connectivity index (χ0) is 10.3. The molecule has 0 aliphatic rings. The van der Waals surface area contributed by atoms with E-state index in [1.807, 2.05) is 34.7 Å². The molecule has 1 aromatic carbocycles. The van der Waals surface area contributed by atoms with Crippen LogP contribution in [0.1, 0.15) is 5.56 Å². The number of aliphatic hydroxyl groups excluding tert-OH is 1. The first-order chi connectivity index (χ1) is 7.40. The van der Waals surface area contributed by atoms with Crippen LogP contribution >= 0.6 is 0 Å². The second-order valence-corrected chi connectivity index (χ2v) is 3.41. The number of hydrogen-bond donors (Lipinski definition) is 1. The summed E-state index contributed by atoms with van der Waals surface area (Å²) in [5.41, 5.74) is 2.66. The molecule has 0 saturated heterocycles. The standard InChI is InChI=1S/C11H9N3O/c15-6-9-3-1-2-8-4-5-10-13-12-7-14(10)11(8)9/h1-5,7,15H,6H2. The minimum absolute atomic E-state index is 0.0225. The first-order valence-electron chi connectivity index (χ1n) is 4.71. The highest BCUT2D eigenvalue weighted by atomic mass is 16.3. The Morgan fingerprint density at radius 2 is 2.13 bits per heavy atom. The van der Waals surface area contributed by atoms with Crippen LogP contribution in [0.15, 0.2) is 36.7 Å². The highest BCUT2D eigenvalue weighted by molar-refractivity contribution is 5.84. The predicted octanol–water partition coefficient (Wildman–Crippen LogP) is 1.37. The third kappa shape index (κ3) is 1.12. The van der Waals surface area contributed by atoms with Crippen molar-refractivity contribution in [2.45, 2.75) is 6.61 Å². The van der Waals surface area contributed by atoms with Crippen LogP contribution in [0.3, 0.4) is 0 Å². The normalized spacial score (nSPS) is 11.3. The van der Waals surface area contributed by atoms with Crippen molar-refractivity contribution in [3.8, 4) is 0 Å². The molecule has 0 fully saturated rings. The lowest BCUT2D eigenvalue weighted by Crippen LogP contribution is -1.93. The van der Waals surface area contributed by atoms with Gasteiger partial charge in [0.2, 0.25) is 0 Å². The lowest BCUT2D eigenvalue weighted by Gasteiger charge is -2.05. The minimum atomic E-state index is 0.0225. The molecular formula is C11H9N3O. The quantitative estimate of drug-likeness (QED) is 0.644. The number of para-hydroxylation sites is 1. The van der Waals surface area contributed by atoms with E-state index in [1.165, 1.54) is 0 Å². The minimum Gasteiger partial charge on any atom is -0.392 e. The van der Waals surface area contributed by atoms with E-state index >= 15 is 0 Å². The van der Waals surface area contributed by atoms with Crippen molar-refractivity contribution in [3.05, 3.63) is 42.2 Å². The molecule has 0 radical (unpaired) electrons. The second kappa shape index (κ2) is 3.03. The number of aromatic nitrogens is 3. The van der Waals surface area contributed by atoms with Crippen LogP contribution in [0.5, 0.6) is 0 Å². The third-order valence-corrected chi connectivity index (χ3v) is 2.55. The SMILES string of the molecule is OCc1cccc2ccc3nncn3c12. The summed E-state index contributed by atoms with van der Waals surface area (Å²) in [5, 5.41) is 18.2. The zero-order valence-electron chi connectivity index (χ0n) is 7.96. The molecule has 0 unspecified atom stereocenters. The van der Waals surface area contributed by atoms with Gasteiger partial charge in [-0.2, -0.15) is 0 Å². The fourth-order valence-corrected chi connectivity index (χ4v) is 1.86. The highest BCUT2D eigenvalue weighted by Gasteiger charge is 2.04. The Morgan fingerprint density at radius 1 is 1.20 bits per heavy atom. The highest BCUT2D eigenvalue weighted by Crippen LogP contribution is 2.19. The number of pyridine rings is 1. The Labute approximate surface area is 85.8 Å². The van der Waals surface area contributed by atoms with E-state index in [2.05, 4.69) is 10.2 Å². The van der Waals surface area contributed by atoms with Crippen LogP contribution in [0.4, 0.5) is 0 Å². The molecular weight excluding hydrogens is 190 g/mol. The van der Waals surface area contributed by atoms with Gasteiger partial charge in [-0.15, -0.1) is 10.2 Å². The molecule has 0 aliphatic heterocycles. The Hall–Kier alpha value is -1.94. The van der Waals surface area contributed by atoms with E-state index in [4.69, 9.17) is 0 Å². The lowest BCUT2D eigenvalue weighted by atomic mass is 10.1. The molecule has 0 saturated carbocycles. The fourth-order valence-electron chi connectivity index (χ4n) is 1.86. The van der Waals surface area contributed by atoms with Crippen molar-refractivity contribution in [2.75, 3.05) is 0 Å². The van der Waals surface area contributed by atoms with Crippen LogP contribution < -0.4 is 0 Å². The maximum absolute atomic E-state index is 9.28. The third-order valence-electron chi connectivity index (χ3n) is 2.55. The Morgan fingerprint density at radius 3 is 3.00 bits per heavy atom. The maximum Gasteiger partial charge on any atom is 0.161 e. The molecule has 0 spiro atoms. The van der Waals surface area contributed by atoms with E-state index in [0.29, 0.717) is 0 Å². The van der Waals surface area contributed by atoms with Gasteiger partial charge >= 0.3 is 0 Å². The van der Waals surface area contributed by atoms with Gasteiger partial charge in [0.15, 0.2) is 5.65 Å². The summed E-state index contributed by atoms with van der Waals surface area (Å²) >= 11 is 0. The largest absolute Gasteiger partial charge is 0.392 e. The van der Waals surface area contributed by atoms with Gasteiger partial charge in [-0.05, 0) is 17.5 Å². The number of aliphatic hydroxyl groups is 1. The number of benzene rings is 1. The predicted molar refractivity (Wildman–Crippen MR) is 56.4 cm³/mol. The first-order valence-corrected chi connectivity index (χ1v) is 4.71. The van der Waals surface area contributed by atoms with Gasteiger partial charge in [0.05, 0.1) is 12.1 Å². The van der Waals surface area contributed by atoms with Gasteiger partial charge in [0.1, 0.15) is 6.33 Å². The molecule has 0 bridgehead atoms. The summed E-state index contributed by atoms with van der Waals surface area (Å²) in [6.45, 7) is 0.0225. The Kier molecular flexibility index (Phi) is 1.69. The van der Waals surface area contributed by atoms with Crippen LogP contribution in [0.25, 0.3) is 16.6 Å². The second-order valence-electron chi connectivity index (χ2n) is 3.41. The van der Waals surface area contributed by atoms with Crippen LogP contribution in [-0.2, 0) is 6.61 Å². The summed E-state index contributed by atoms with van der Waals surface area (Å²) in [5.74, 6) is 0. The number of nitrogens with zero attached hydrogens (tertiary/aromatic N) is 3. The molecule has 2 aromatic heterocycles. The van der Waals surface area contributed by atoms with Crippen LogP contribution in [0, 0.1) is 0 Å². The molecule has 3 rings (SSSR count). The molecule has 74 valence electrons. The van der Waals surface area contributed by atoms with Crippen LogP contribution in [-0.4, -0.2) is 19.7 Å². The van der Waals surface area contributed by atoms with Crippen molar-refractivity contribution >= 4 is 16.6 Å². The van der Waals surface area contributed by atoms with Gasteiger partial charge in [-0.25, -0.2) is 0 Å². The molecule has 1 N–H and O–H groups in total. The molecule has 3 aromatic rings. The van der Waals surface area contributed by atoms with Crippen molar-refractivity contribution in [1.82, 2.24) is 14.6 Å². The van der Waals surface area contributed by atoms with Gasteiger partial charge in [-0.1, -0.05) is 18.2 Å². The van der Waals surface area contributed by atoms with Crippen molar-refractivity contribution in [1.29, 1.82) is 0 Å². The molecule has 15 heavy (non-hydrogen) atoms. The van der Waals surface area contributed by atoms with E-state index in [9.17, 15) is 5.11 Å². The molecule has 0 atom stereocenters. The van der Waals surface area contributed by atoms with E-state index in [-0.39, 0.29) is 6.61 Å². The molecule has 0 aliphatic carbocycles. The summed E-state index contributed by atoms with van der Waals surface area (Å²) < 4.78 is 1.89. The van der Waals surface area contributed by atoms with Gasteiger partial charge in [-0.3, -0.25) is 4.40 Å². The molecule has 4 heteroatoms. The lowest BCUT2D eigenvalue weighted by molar-refractivity contribution is 0.283. The summed E-state index contributed by atoms with van der Waals surface area (Å²) in [6.07, 6.45) is 1.66. The Bertz CT molecular complexity index is 630. The number of rotatable bonds is 1. The van der Waals surface area contributed by atoms with Gasteiger partial charge in [0.25, 0.3) is 0 Å². The summed E-state index contributed by atoms with van der Waals surface area (Å²) in [4.78, 5) is 0. The number of fused-ring (bicyclic) bond motifs is 3. The van der Waals surface area contributed by atoms with E-state index in [1.54, 1.807) is 6.33 Å². The average Bonchev–Trinajstić information content (AvgIpc) is 2.76. The molecule has 2 heterocycles. The molecule has 4 nitrogen and oxygen atoms in total. The maximum atomic E-state index is 9.28. The van der Waals surface area contributed by atoms with Crippen molar-refractivity contribution < 1.29 is 5.11 Å². The van der Waals surface area contributed by atoms with Gasteiger partial charge in [0, 0.05) is 5.56 Å². The topological polar surface area (TPSA) is 50.4 Å². The smallest absolute Gasteiger partial charge is 0.161 e. The summed E-state index contributed by atoms with van der Waals surface area (Å²) in [6, 6.07) is 9.74. The molecule has 0 amide bonds. The van der Waals surface area contributed by atoms with Gasteiger partial charge < -0.3 is 5.11 Å². The fraction of sp³-hybridized carbons (Fsp3) is 0.0909. The zero-order valence-corrected chi connectivity index (χ0v) is 7.96. The Balaban J connectivity index is 2.58. The van der Waals surface area contributed by atoms with Crippen LogP contribution in [0.2, 0.25) is 0 Å². The van der Waals surface area contributed by atoms with Crippen molar-refractivity contribution in [3.63, 3.8) is 0 Å². The number of hydrogen-bond acceptors (Lipinski definition) is 3. The average molecular weight is 199 g/mol.